The minimum atomic E-state index is -4.63. The van der Waals surface area contributed by atoms with E-state index in [9.17, 15) is 22.8 Å². The molecule has 122 valence electrons. The fraction of sp³-hybridized carbons (Fsp3) is 0.833. The van der Waals surface area contributed by atoms with Crippen molar-refractivity contribution in [2.24, 2.45) is 0 Å². The number of nitrogens with zero attached hydrogens (tertiary/aromatic N) is 2. The van der Waals surface area contributed by atoms with Crippen molar-refractivity contribution < 1.29 is 27.9 Å². The molecule has 1 rings (SSSR count). The zero-order chi connectivity index (χ0) is 16.0. The predicted octanol–water partition coefficient (Wildman–Crippen LogP) is 1.13. The first-order valence-corrected chi connectivity index (χ1v) is 6.78. The minimum absolute atomic E-state index is 0.192. The quantitative estimate of drug-likeness (QED) is 0.705. The highest BCUT2D eigenvalue weighted by molar-refractivity contribution is 5.80. The van der Waals surface area contributed by atoms with Gasteiger partial charge in [0.05, 0.1) is 0 Å². The molecule has 0 unspecified atom stereocenters. The summed E-state index contributed by atoms with van der Waals surface area (Å²) in [5.41, 5.74) is 0. The van der Waals surface area contributed by atoms with Gasteiger partial charge in [0.15, 0.2) is 0 Å². The van der Waals surface area contributed by atoms with Crippen LogP contribution in [0, 0.1) is 0 Å². The molecule has 0 aliphatic heterocycles. The molecule has 2 amide bonds. The Morgan fingerprint density at radius 1 is 1.33 bits per heavy atom. The number of halogens is 3. The molecule has 0 radical (unpaired) electrons. The highest BCUT2D eigenvalue weighted by Crippen LogP contribution is 2.25. The summed E-state index contributed by atoms with van der Waals surface area (Å²) in [7, 11) is 0. The topological polar surface area (TPSA) is 72.9 Å². The highest BCUT2D eigenvalue weighted by Gasteiger charge is 2.34. The average Bonchev–Trinajstić information content (AvgIpc) is 3.15. The summed E-state index contributed by atoms with van der Waals surface area (Å²) >= 11 is 0. The fourth-order valence-corrected chi connectivity index (χ4v) is 2.04. The average molecular weight is 311 g/mol. The number of likely N-dealkylation sites (N-methyl/N-ethyl adjacent to an activating group) is 1. The van der Waals surface area contributed by atoms with Crippen molar-refractivity contribution in [3.8, 4) is 0 Å². The lowest BCUT2D eigenvalue weighted by molar-refractivity contribution is -0.148. The molecule has 6 nitrogen and oxygen atoms in total. The van der Waals surface area contributed by atoms with Crippen LogP contribution in [0.4, 0.5) is 18.0 Å². The Balaban J connectivity index is 2.41. The molecule has 1 aliphatic rings. The Labute approximate surface area is 120 Å². The molecule has 0 aromatic carbocycles. The third-order valence-corrected chi connectivity index (χ3v) is 3.13. The molecule has 0 heterocycles. The molecule has 2 N–H and O–H groups in total. The molecule has 1 fully saturated rings. The van der Waals surface area contributed by atoms with Gasteiger partial charge in [-0.25, -0.2) is 4.79 Å². The number of hydrogen-bond donors (Lipinski definition) is 2. The third kappa shape index (κ3) is 7.16. The van der Waals surface area contributed by atoms with Gasteiger partial charge in [-0.2, -0.15) is 13.2 Å². The van der Waals surface area contributed by atoms with Crippen LogP contribution in [-0.4, -0.2) is 71.8 Å². The summed E-state index contributed by atoms with van der Waals surface area (Å²) in [5, 5.41) is 10.9. The fourth-order valence-electron chi connectivity index (χ4n) is 2.04. The van der Waals surface area contributed by atoms with E-state index in [-0.39, 0.29) is 11.4 Å². The largest absolute Gasteiger partial charge is 0.480 e. The molecule has 1 aliphatic carbocycles. The molecule has 9 heteroatoms. The number of alkyl halides is 3. The number of carboxylic acid groups (broad SMARTS) is 1. The lowest BCUT2D eigenvalue weighted by atomic mass is 10.4. The van der Waals surface area contributed by atoms with Crippen molar-refractivity contribution in [2.75, 3.05) is 32.7 Å². The van der Waals surface area contributed by atoms with E-state index in [0.29, 0.717) is 12.6 Å². The molecule has 1 saturated carbocycles. The van der Waals surface area contributed by atoms with Gasteiger partial charge in [0.1, 0.15) is 13.1 Å². The van der Waals surface area contributed by atoms with E-state index in [1.54, 1.807) is 0 Å². The van der Waals surface area contributed by atoms with Crippen LogP contribution in [0.5, 0.6) is 0 Å². The first-order chi connectivity index (χ1) is 9.73. The summed E-state index contributed by atoms with van der Waals surface area (Å²) in [5.74, 6) is -1.48. The van der Waals surface area contributed by atoms with Gasteiger partial charge >= 0.3 is 18.2 Å². The van der Waals surface area contributed by atoms with Crippen LogP contribution in [0.25, 0.3) is 0 Å². The van der Waals surface area contributed by atoms with E-state index in [4.69, 9.17) is 5.11 Å². The number of carbonyl (C=O) groups excluding carboxylic acids is 1. The maximum absolute atomic E-state index is 12.3. The molecule has 21 heavy (non-hydrogen) atoms. The van der Waals surface area contributed by atoms with Crippen LogP contribution in [0.3, 0.4) is 0 Å². The summed E-state index contributed by atoms with van der Waals surface area (Å²) in [6.45, 7) is 0.955. The highest BCUT2D eigenvalue weighted by atomic mass is 19.4. The normalized spacial score (nSPS) is 15.1. The van der Waals surface area contributed by atoms with Crippen LogP contribution < -0.4 is 5.32 Å². The number of carbonyl (C=O) groups is 2. The van der Waals surface area contributed by atoms with Crippen LogP contribution >= 0.6 is 0 Å². The second-order valence-corrected chi connectivity index (χ2v) is 4.96. The van der Waals surface area contributed by atoms with E-state index in [2.05, 4.69) is 10.2 Å². The number of hydrogen-bond acceptors (Lipinski definition) is 3. The number of amides is 2. The first-order valence-electron chi connectivity index (χ1n) is 6.78. The lowest BCUT2D eigenvalue weighted by Gasteiger charge is -2.24. The number of nitrogens with one attached hydrogen (secondary N) is 1. The summed E-state index contributed by atoms with van der Waals surface area (Å²) in [4.78, 5) is 24.5. The van der Waals surface area contributed by atoms with Gasteiger partial charge in [0.25, 0.3) is 0 Å². The van der Waals surface area contributed by atoms with Crippen LogP contribution in [0.15, 0.2) is 0 Å². The molecule has 0 spiro atoms. The summed E-state index contributed by atoms with van der Waals surface area (Å²) in [6, 6.07) is -0.515. The standard InChI is InChI=1S/C12H20F3N3O3/c1-2-17(9-3-4-9)6-5-16-11(21)18(7-10(19)20)8-12(13,14)15/h9H,2-8H2,1H3,(H,16,21)(H,19,20). The lowest BCUT2D eigenvalue weighted by Crippen LogP contribution is -2.48. The van der Waals surface area contributed by atoms with Gasteiger partial charge in [-0.3, -0.25) is 9.69 Å². The second kappa shape index (κ2) is 7.48. The SMILES string of the molecule is CCN(CCNC(=O)N(CC(=O)O)CC(F)(F)F)C1CC1. The smallest absolute Gasteiger partial charge is 0.406 e. The first kappa shape index (κ1) is 17.5. The van der Waals surface area contributed by atoms with Crippen LogP contribution in [-0.2, 0) is 4.79 Å². The molecular weight excluding hydrogens is 291 g/mol. The molecular formula is C12H20F3N3O3. The van der Waals surface area contributed by atoms with Gasteiger partial charge in [0.2, 0.25) is 0 Å². The second-order valence-electron chi connectivity index (χ2n) is 4.96. The number of rotatable bonds is 8. The van der Waals surface area contributed by atoms with Crippen molar-refractivity contribution in [3.05, 3.63) is 0 Å². The Bertz CT molecular complexity index is 372. The van der Waals surface area contributed by atoms with Gasteiger partial charge in [0, 0.05) is 19.1 Å². The zero-order valence-corrected chi connectivity index (χ0v) is 11.8. The van der Waals surface area contributed by atoms with Gasteiger partial charge in [-0.15, -0.1) is 0 Å². The van der Waals surface area contributed by atoms with Crippen molar-refractivity contribution in [2.45, 2.75) is 32.0 Å². The van der Waals surface area contributed by atoms with E-state index in [0.717, 1.165) is 19.4 Å². The van der Waals surface area contributed by atoms with Gasteiger partial charge in [-0.05, 0) is 19.4 Å². The van der Waals surface area contributed by atoms with Crippen LogP contribution in [0.2, 0.25) is 0 Å². The van der Waals surface area contributed by atoms with E-state index < -0.39 is 31.3 Å². The Kier molecular flexibility index (Phi) is 6.25. The summed E-state index contributed by atoms with van der Waals surface area (Å²) < 4.78 is 36.9. The van der Waals surface area contributed by atoms with E-state index >= 15 is 0 Å². The van der Waals surface area contributed by atoms with Crippen molar-refractivity contribution in [3.63, 3.8) is 0 Å². The Morgan fingerprint density at radius 3 is 2.38 bits per heavy atom. The van der Waals surface area contributed by atoms with E-state index in [1.807, 2.05) is 6.92 Å². The maximum atomic E-state index is 12.3. The number of carboxylic acids is 1. The predicted molar refractivity (Wildman–Crippen MR) is 68.9 cm³/mol. The van der Waals surface area contributed by atoms with Crippen molar-refractivity contribution in [1.29, 1.82) is 0 Å². The van der Waals surface area contributed by atoms with E-state index in [1.165, 1.54) is 0 Å². The number of aliphatic carboxylic acids is 1. The monoisotopic (exact) mass is 311 g/mol. The maximum Gasteiger partial charge on any atom is 0.406 e. The van der Waals surface area contributed by atoms with Gasteiger partial charge in [-0.1, -0.05) is 6.92 Å². The Hall–Kier alpha value is -1.51. The van der Waals surface area contributed by atoms with Gasteiger partial charge < -0.3 is 15.3 Å². The molecule has 0 aromatic rings. The third-order valence-electron chi connectivity index (χ3n) is 3.13. The van der Waals surface area contributed by atoms with Crippen molar-refractivity contribution in [1.82, 2.24) is 15.1 Å². The summed E-state index contributed by atoms with van der Waals surface area (Å²) in [6.07, 6.45) is -2.43. The molecule has 0 bridgehead atoms. The zero-order valence-electron chi connectivity index (χ0n) is 11.8. The molecule has 0 saturated heterocycles. The Morgan fingerprint density at radius 2 is 1.95 bits per heavy atom. The van der Waals surface area contributed by atoms with Crippen LogP contribution in [0.1, 0.15) is 19.8 Å². The molecule has 0 atom stereocenters. The number of urea groups is 1. The molecule has 0 aromatic heterocycles. The van der Waals surface area contributed by atoms with Crippen molar-refractivity contribution >= 4 is 12.0 Å². The minimum Gasteiger partial charge on any atom is -0.480 e.